The molecule has 0 aliphatic rings. The summed E-state index contributed by atoms with van der Waals surface area (Å²) in [5.41, 5.74) is 8.88. The van der Waals surface area contributed by atoms with Crippen molar-refractivity contribution in [3.8, 4) is 11.1 Å². The first-order valence-corrected chi connectivity index (χ1v) is 4.79. The van der Waals surface area contributed by atoms with Crippen LogP contribution in [0.4, 0.5) is 10.1 Å². The highest BCUT2D eigenvalue weighted by atomic mass is 19.1. The average Bonchev–Trinajstić information content (AvgIpc) is 2.24. The molecule has 2 N–H and O–H groups in total. The molecule has 0 aromatic heterocycles. The van der Waals surface area contributed by atoms with Crippen molar-refractivity contribution in [2.24, 2.45) is 0 Å². The van der Waals surface area contributed by atoms with Gasteiger partial charge in [-0.15, -0.1) is 0 Å². The molecule has 0 unspecified atom stereocenters. The van der Waals surface area contributed by atoms with Gasteiger partial charge in [-0.05, 0) is 41.8 Å². The third-order valence-corrected chi connectivity index (χ3v) is 2.49. The van der Waals surface area contributed by atoms with Crippen LogP contribution in [0.15, 0.2) is 42.5 Å². The Labute approximate surface area is 88.4 Å². The maximum absolute atomic E-state index is 13.3. The van der Waals surface area contributed by atoms with Crippen LogP contribution >= 0.6 is 0 Å². The third-order valence-electron chi connectivity index (χ3n) is 2.49. The number of hydrogen-bond donors (Lipinski definition) is 1. The van der Waals surface area contributed by atoms with E-state index in [0.717, 1.165) is 11.1 Å². The molecule has 0 saturated carbocycles. The number of hydrogen-bond acceptors (Lipinski definition) is 1. The van der Waals surface area contributed by atoms with Gasteiger partial charge in [-0.3, -0.25) is 0 Å². The van der Waals surface area contributed by atoms with Crippen LogP contribution in [0.25, 0.3) is 11.1 Å². The standard InChI is InChI=1S/C13H12FN/c1-9-12(3-2-4-13(9)14)10-5-7-11(15)8-6-10/h2-8H,15H2,1H3. The second-order valence-electron chi connectivity index (χ2n) is 3.53. The van der Waals surface area contributed by atoms with E-state index in [4.69, 9.17) is 5.73 Å². The molecule has 0 saturated heterocycles. The maximum Gasteiger partial charge on any atom is 0.126 e. The fourth-order valence-electron chi connectivity index (χ4n) is 1.58. The predicted molar refractivity (Wildman–Crippen MR) is 61.0 cm³/mol. The lowest BCUT2D eigenvalue weighted by Crippen LogP contribution is -1.88. The molecule has 0 fully saturated rings. The minimum atomic E-state index is -0.177. The fraction of sp³-hybridized carbons (Fsp3) is 0.0769. The second-order valence-corrected chi connectivity index (χ2v) is 3.53. The average molecular weight is 201 g/mol. The topological polar surface area (TPSA) is 26.0 Å². The molecule has 0 aliphatic carbocycles. The summed E-state index contributed by atoms with van der Waals surface area (Å²) < 4.78 is 13.3. The maximum atomic E-state index is 13.3. The van der Waals surface area contributed by atoms with Gasteiger partial charge in [0, 0.05) is 5.69 Å². The Hall–Kier alpha value is -1.83. The lowest BCUT2D eigenvalue weighted by molar-refractivity contribution is 0.619. The van der Waals surface area contributed by atoms with Gasteiger partial charge in [-0.2, -0.15) is 0 Å². The molecule has 2 heteroatoms. The summed E-state index contributed by atoms with van der Waals surface area (Å²) in [6, 6.07) is 12.5. The fourth-order valence-corrected chi connectivity index (χ4v) is 1.58. The molecular formula is C13H12FN. The highest BCUT2D eigenvalue weighted by Crippen LogP contribution is 2.25. The molecule has 0 radical (unpaired) electrons. The molecular weight excluding hydrogens is 189 g/mol. The van der Waals surface area contributed by atoms with Crippen LogP contribution in [0, 0.1) is 12.7 Å². The summed E-state index contributed by atoms with van der Waals surface area (Å²) >= 11 is 0. The lowest BCUT2D eigenvalue weighted by atomic mass is 10.0. The van der Waals surface area contributed by atoms with E-state index in [9.17, 15) is 4.39 Å². The van der Waals surface area contributed by atoms with Gasteiger partial charge in [-0.1, -0.05) is 24.3 Å². The van der Waals surface area contributed by atoms with Crippen LogP contribution in [0.2, 0.25) is 0 Å². The lowest BCUT2D eigenvalue weighted by Gasteiger charge is -2.06. The van der Waals surface area contributed by atoms with Crippen molar-refractivity contribution in [2.45, 2.75) is 6.92 Å². The monoisotopic (exact) mass is 201 g/mol. The number of nitrogens with two attached hydrogens (primary N) is 1. The van der Waals surface area contributed by atoms with Crippen LogP contribution < -0.4 is 5.73 Å². The molecule has 0 heterocycles. The molecule has 2 aromatic carbocycles. The summed E-state index contributed by atoms with van der Waals surface area (Å²) in [7, 11) is 0. The van der Waals surface area contributed by atoms with Crippen molar-refractivity contribution < 1.29 is 4.39 Å². The van der Waals surface area contributed by atoms with Crippen LogP contribution in [0.3, 0.4) is 0 Å². The normalized spacial score (nSPS) is 10.3. The summed E-state index contributed by atoms with van der Waals surface area (Å²) in [4.78, 5) is 0. The molecule has 1 nitrogen and oxygen atoms in total. The van der Waals surface area contributed by atoms with Crippen LogP contribution in [-0.4, -0.2) is 0 Å². The van der Waals surface area contributed by atoms with Gasteiger partial charge in [0.2, 0.25) is 0 Å². The summed E-state index contributed by atoms with van der Waals surface area (Å²) in [6.07, 6.45) is 0. The largest absolute Gasteiger partial charge is 0.399 e. The summed E-state index contributed by atoms with van der Waals surface area (Å²) in [5.74, 6) is -0.177. The van der Waals surface area contributed by atoms with Crippen molar-refractivity contribution in [2.75, 3.05) is 5.73 Å². The number of halogens is 1. The first-order chi connectivity index (χ1) is 7.18. The van der Waals surface area contributed by atoms with E-state index in [-0.39, 0.29) is 5.82 Å². The highest BCUT2D eigenvalue weighted by molar-refractivity contribution is 5.68. The van der Waals surface area contributed by atoms with E-state index in [2.05, 4.69) is 0 Å². The zero-order valence-corrected chi connectivity index (χ0v) is 8.50. The molecule has 15 heavy (non-hydrogen) atoms. The van der Waals surface area contributed by atoms with Crippen LogP contribution in [-0.2, 0) is 0 Å². The van der Waals surface area contributed by atoms with E-state index in [1.165, 1.54) is 6.07 Å². The Bertz CT molecular complexity index is 474. The van der Waals surface area contributed by atoms with Gasteiger partial charge in [0.25, 0.3) is 0 Å². The molecule has 0 spiro atoms. The summed E-state index contributed by atoms with van der Waals surface area (Å²) in [6.45, 7) is 1.78. The van der Waals surface area contributed by atoms with Gasteiger partial charge in [0.15, 0.2) is 0 Å². The smallest absolute Gasteiger partial charge is 0.126 e. The molecule has 0 amide bonds. The molecule has 0 bridgehead atoms. The Morgan fingerprint density at radius 2 is 1.67 bits per heavy atom. The number of benzene rings is 2. The van der Waals surface area contributed by atoms with Gasteiger partial charge in [0.1, 0.15) is 5.82 Å². The zero-order chi connectivity index (χ0) is 10.8. The molecule has 76 valence electrons. The Kier molecular flexibility index (Phi) is 2.42. The Morgan fingerprint density at radius 1 is 1.00 bits per heavy atom. The molecule has 2 rings (SSSR count). The van der Waals surface area contributed by atoms with Crippen molar-refractivity contribution >= 4 is 5.69 Å². The van der Waals surface area contributed by atoms with E-state index < -0.39 is 0 Å². The predicted octanol–water partition coefficient (Wildman–Crippen LogP) is 3.38. The van der Waals surface area contributed by atoms with Crippen molar-refractivity contribution in [1.29, 1.82) is 0 Å². The molecule has 0 atom stereocenters. The Morgan fingerprint density at radius 3 is 2.33 bits per heavy atom. The first-order valence-electron chi connectivity index (χ1n) is 4.79. The van der Waals surface area contributed by atoms with Crippen LogP contribution in [0.1, 0.15) is 5.56 Å². The minimum Gasteiger partial charge on any atom is -0.399 e. The van der Waals surface area contributed by atoms with Crippen LogP contribution in [0.5, 0.6) is 0 Å². The van der Waals surface area contributed by atoms with E-state index >= 15 is 0 Å². The molecule has 0 aliphatic heterocycles. The van der Waals surface area contributed by atoms with Crippen molar-refractivity contribution in [3.63, 3.8) is 0 Å². The van der Waals surface area contributed by atoms with E-state index in [1.54, 1.807) is 13.0 Å². The quantitative estimate of drug-likeness (QED) is 0.703. The van der Waals surface area contributed by atoms with Crippen molar-refractivity contribution in [1.82, 2.24) is 0 Å². The first kappa shape index (κ1) is 9.71. The van der Waals surface area contributed by atoms with Gasteiger partial charge < -0.3 is 5.73 Å². The SMILES string of the molecule is Cc1c(F)cccc1-c1ccc(N)cc1. The third kappa shape index (κ3) is 1.84. The van der Waals surface area contributed by atoms with Gasteiger partial charge in [-0.25, -0.2) is 4.39 Å². The minimum absolute atomic E-state index is 0.177. The number of anilines is 1. The second kappa shape index (κ2) is 3.73. The molecule has 2 aromatic rings. The van der Waals surface area contributed by atoms with E-state index in [0.29, 0.717) is 11.3 Å². The number of nitrogen functional groups attached to an aromatic ring is 1. The van der Waals surface area contributed by atoms with Crippen molar-refractivity contribution in [3.05, 3.63) is 53.8 Å². The highest BCUT2D eigenvalue weighted by Gasteiger charge is 2.04. The number of rotatable bonds is 1. The van der Waals surface area contributed by atoms with Gasteiger partial charge >= 0.3 is 0 Å². The summed E-state index contributed by atoms with van der Waals surface area (Å²) in [5, 5.41) is 0. The van der Waals surface area contributed by atoms with E-state index in [1.807, 2.05) is 30.3 Å². The Balaban J connectivity index is 2.54. The van der Waals surface area contributed by atoms with Gasteiger partial charge in [0.05, 0.1) is 0 Å². The zero-order valence-electron chi connectivity index (χ0n) is 8.50.